The Balaban J connectivity index is 3.40. The first-order valence-corrected chi connectivity index (χ1v) is 38.6. The van der Waals surface area contributed by atoms with Gasteiger partial charge in [0.15, 0.2) is 0 Å². The van der Waals surface area contributed by atoms with Crippen LogP contribution in [0.3, 0.4) is 0 Å². The van der Waals surface area contributed by atoms with Crippen LogP contribution < -0.4 is 5.32 Å². The van der Waals surface area contributed by atoms with E-state index in [1.165, 1.54) is 360 Å². The second-order valence-electron chi connectivity index (χ2n) is 26.7. The number of allylic oxidation sites excluding steroid dienone is 4. The number of nitrogens with one attached hydrogen (secondary N) is 1. The number of amides is 1. The fraction of sp³-hybridized carbons (Fsp3) is 0.923. The van der Waals surface area contributed by atoms with Crippen LogP contribution in [0.5, 0.6) is 0 Å². The monoisotopic (exact) mass is 1180 g/mol. The lowest BCUT2D eigenvalue weighted by atomic mass is 10.0. The molecule has 3 N–H and O–H groups in total. The third-order valence-corrected chi connectivity index (χ3v) is 18.3. The summed E-state index contributed by atoms with van der Waals surface area (Å²) in [5.41, 5.74) is 0. The molecule has 84 heavy (non-hydrogen) atoms. The molecule has 2 atom stereocenters. The minimum atomic E-state index is -0.668. The van der Waals surface area contributed by atoms with E-state index >= 15 is 0 Å². The molecular formula is C78H151NO5. The van der Waals surface area contributed by atoms with E-state index in [9.17, 15) is 19.8 Å². The maximum absolute atomic E-state index is 12.6. The van der Waals surface area contributed by atoms with Crippen molar-refractivity contribution in [2.24, 2.45) is 0 Å². The van der Waals surface area contributed by atoms with Crippen molar-refractivity contribution < 1.29 is 24.5 Å². The summed E-state index contributed by atoms with van der Waals surface area (Å²) in [5, 5.41) is 23.5. The molecule has 2 unspecified atom stereocenters. The summed E-state index contributed by atoms with van der Waals surface area (Å²) in [6.45, 7) is 5.00. The molecule has 0 aromatic rings. The topological polar surface area (TPSA) is 95.9 Å². The van der Waals surface area contributed by atoms with Gasteiger partial charge >= 0.3 is 5.97 Å². The van der Waals surface area contributed by atoms with E-state index in [1.54, 1.807) is 0 Å². The van der Waals surface area contributed by atoms with Gasteiger partial charge in [-0.05, 0) is 57.8 Å². The number of rotatable bonds is 73. The average Bonchev–Trinajstić information content (AvgIpc) is 3.50. The number of aliphatic hydroxyl groups excluding tert-OH is 2. The number of hydrogen-bond acceptors (Lipinski definition) is 5. The number of carbonyl (C=O) groups excluding carboxylic acids is 2. The molecule has 1 amide bonds. The normalized spacial score (nSPS) is 12.6. The SMILES string of the molecule is CCCCCCCCCCCCCCCCCCCCCCCCCC(O)C(CO)NC(=O)CCCCCCCCCCCCC/C=C\C/C=C\CCCCCCCCCCCOC(=O)CCCCCCCCCCCCCCCCCCC. The van der Waals surface area contributed by atoms with Crippen LogP contribution in [0, 0.1) is 0 Å². The number of hydrogen-bond donors (Lipinski definition) is 3. The molecule has 0 saturated heterocycles. The van der Waals surface area contributed by atoms with E-state index in [0.29, 0.717) is 25.9 Å². The molecular weight excluding hydrogens is 1030 g/mol. The molecule has 0 radical (unpaired) electrons. The van der Waals surface area contributed by atoms with Crippen LogP contribution in [-0.2, 0) is 14.3 Å². The van der Waals surface area contributed by atoms with Crippen LogP contribution in [0.2, 0.25) is 0 Å². The van der Waals surface area contributed by atoms with Gasteiger partial charge in [-0.25, -0.2) is 0 Å². The van der Waals surface area contributed by atoms with Gasteiger partial charge in [-0.15, -0.1) is 0 Å². The van der Waals surface area contributed by atoms with E-state index in [-0.39, 0.29) is 18.5 Å². The molecule has 0 rings (SSSR count). The second-order valence-corrected chi connectivity index (χ2v) is 26.7. The van der Waals surface area contributed by atoms with Crippen molar-refractivity contribution >= 4 is 11.9 Å². The van der Waals surface area contributed by atoms with Crippen LogP contribution in [0.1, 0.15) is 438 Å². The highest BCUT2D eigenvalue weighted by Crippen LogP contribution is 2.20. The largest absolute Gasteiger partial charge is 0.466 e. The Morgan fingerprint density at radius 1 is 0.333 bits per heavy atom. The van der Waals surface area contributed by atoms with Gasteiger partial charge < -0.3 is 20.3 Å². The number of esters is 1. The van der Waals surface area contributed by atoms with E-state index in [4.69, 9.17) is 4.74 Å². The first kappa shape index (κ1) is 82.3. The zero-order chi connectivity index (χ0) is 60.6. The Bertz CT molecular complexity index is 1320. The molecule has 6 heteroatoms. The van der Waals surface area contributed by atoms with Gasteiger partial charge in [-0.1, -0.05) is 391 Å². The maximum Gasteiger partial charge on any atom is 0.305 e. The summed E-state index contributed by atoms with van der Waals surface area (Å²) >= 11 is 0. The molecule has 0 heterocycles. The molecule has 0 aliphatic rings. The predicted molar refractivity (Wildman–Crippen MR) is 370 cm³/mol. The fourth-order valence-corrected chi connectivity index (χ4v) is 12.4. The standard InChI is InChI=1S/C78H151NO5/c1-3-5-7-9-11-13-15-17-19-21-22-23-29-32-35-39-42-46-50-54-58-62-66-70-76(81)75(74-80)79-77(82)71-67-63-59-55-51-47-43-40-36-33-30-27-25-24-26-28-31-34-37-41-45-49-53-57-61-65-69-73-84-78(83)72-68-64-60-56-52-48-44-38-20-18-16-14-12-10-8-6-4-2/h24-25,28,31,75-76,80-81H,3-23,26-27,29-30,32-74H2,1-2H3,(H,79,82)/b25-24-,31-28-. The summed E-state index contributed by atoms with van der Waals surface area (Å²) in [4.78, 5) is 24.7. The molecule has 0 fully saturated rings. The highest BCUT2D eigenvalue weighted by atomic mass is 16.5. The van der Waals surface area contributed by atoms with Crippen molar-refractivity contribution in [1.29, 1.82) is 0 Å². The third-order valence-electron chi connectivity index (χ3n) is 18.3. The van der Waals surface area contributed by atoms with Crippen molar-refractivity contribution in [3.63, 3.8) is 0 Å². The lowest BCUT2D eigenvalue weighted by Crippen LogP contribution is -2.45. The minimum absolute atomic E-state index is 0.0157. The van der Waals surface area contributed by atoms with Gasteiger partial charge in [0.1, 0.15) is 0 Å². The molecule has 0 saturated carbocycles. The minimum Gasteiger partial charge on any atom is -0.466 e. The van der Waals surface area contributed by atoms with Crippen molar-refractivity contribution in [3.05, 3.63) is 24.3 Å². The summed E-state index contributed by atoms with van der Waals surface area (Å²) in [6.07, 6.45) is 93.9. The van der Waals surface area contributed by atoms with E-state index in [1.807, 2.05) is 0 Å². The molecule has 0 aromatic carbocycles. The Labute approximate surface area is 526 Å². The lowest BCUT2D eigenvalue weighted by molar-refractivity contribution is -0.143. The van der Waals surface area contributed by atoms with Gasteiger partial charge in [-0.3, -0.25) is 9.59 Å². The average molecular weight is 1180 g/mol. The number of aliphatic hydroxyl groups is 2. The molecule has 0 aliphatic heterocycles. The highest BCUT2D eigenvalue weighted by molar-refractivity contribution is 5.76. The van der Waals surface area contributed by atoms with Crippen molar-refractivity contribution in [2.75, 3.05) is 13.2 Å². The van der Waals surface area contributed by atoms with Gasteiger partial charge in [0, 0.05) is 12.8 Å². The Morgan fingerprint density at radius 3 is 0.905 bits per heavy atom. The summed E-state index contributed by atoms with van der Waals surface area (Å²) in [5.74, 6) is -0.0172. The zero-order valence-corrected chi connectivity index (χ0v) is 57.2. The Kier molecular flexibility index (Phi) is 72.3. The first-order chi connectivity index (χ1) is 41.5. The Morgan fingerprint density at radius 2 is 0.595 bits per heavy atom. The molecule has 498 valence electrons. The highest BCUT2D eigenvalue weighted by Gasteiger charge is 2.20. The predicted octanol–water partition coefficient (Wildman–Crippen LogP) is 25.3. The maximum atomic E-state index is 12.6. The third kappa shape index (κ3) is 69.4. The first-order valence-electron chi connectivity index (χ1n) is 38.6. The van der Waals surface area contributed by atoms with Crippen molar-refractivity contribution in [1.82, 2.24) is 5.32 Å². The van der Waals surface area contributed by atoms with E-state index in [0.717, 1.165) is 44.9 Å². The van der Waals surface area contributed by atoms with Crippen LogP contribution in [0.4, 0.5) is 0 Å². The van der Waals surface area contributed by atoms with Gasteiger partial charge in [0.05, 0.1) is 25.4 Å². The van der Waals surface area contributed by atoms with Crippen molar-refractivity contribution in [2.45, 2.75) is 450 Å². The quantitative estimate of drug-likeness (QED) is 0.0320. The van der Waals surface area contributed by atoms with E-state index in [2.05, 4.69) is 43.5 Å². The summed E-state index contributed by atoms with van der Waals surface area (Å²) in [6, 6.07) is -0.545. The number of ether oxygens (including phenoxy) is 1. The van der Waals surface area contributed by atoms with Gasteiger partial charge in [-0.2, -0.15) is 0 Å². The van der Waals surface area contributed by atoms with Crippen LogP contribution in [0.25, 0.3) is 0 Å². The molecule has 0 spiro atoms. The molecule has 6 nitrogen and oxygen atoms in total. The van der Waals surface area contributed by atoms with Gasteiger partial charge in [0.2, 0.25) is 5.91 Å². The molecule has 0 aliphatic carbocycles. The molecule has 0 aromatic heterocycles. The van der Waals surface area contributed by atoms with Crippen molar-refractivity contribution in [3.8, 4) is 0 Å². The van der Waals surface area contributed by atoms with Crippen LogP contribution >= 0.6 is 0 Å². The molecule has 0 bridgehead atoms. The zero-order valence-electron chi connectivity index (χ0n) is 57.2. The Hall–Kier alpha value is -1.66. The van der Waals surface area contributed by atoms with Crippen LogP contribution in [-0.4, -0.2) is 47.4 Å². The number of unbranched alkanes of at least 4 members (excludes halogenated alkanes) is 58. The summed E-state index contributed by atoms with van der Waals surface area (Å²) in [7, 11) is 0. The van der Waals surface area contributed by atoms with Crippen LogP contribution in [0.15, 0.2) is 24.3 Å². The van der Waals surface area contributed by atoms with E-state index < -0.39 is 12.1 Å². The fourth-order valence-electron chi connectivity index (χ4n) is 12.4. The lowest BCUT2D eigenvalue weighted by Gasteiger charge is -2.22. The smallest absolute Gasteiger partial charge is 0.305 e. The second kappa shape index (κ2) is 73.8. The summed E-state index contributed by atoms with van der Waals surface area (Å²) < 4.78 is 5.51. The van der Waals surface area contributed by atoms with Gasteiger partial charge in [0.25, 0.3) is 0 Å². The number of carbonyl (C=O) groups is 2.